The number of nitrogens with zero attached hydrogens (tertiary/aromatic N) is 7. The van der Waals surface area contributed by atoms with Gasteiger partial charge in [0, 0.05) is 39.4 Å². The van der Waals surface area contributed by atoms with Crippen LogP contribution < -0.4 is 16.4 Å². The van der Waals surface area contributed by atoms with E-state index in [4.69, 9.17) is 5.73 Å². The van der Waals surface area contributed by atoms with Crippen LogP contribution in [0.5, 0.6) is 0 Å². The molecule has 5 rings (SSSR count). The fraction of sp³-hybridized carbons (Fsp3) is 0.304. The molecule has 0 fully saturated rings. The number of pyridine rings is 2. The maximum absolute atomic E-state index is 12.4. The third-order valence-electron chi connectivity index (χ3n) is 6.04. The minimum atomic E-state index is -0.694. The van der Waals surface area contributed by atoms with Crippen LogP contribution in [0.15, 0.2) is 31.0 Å². The molecule has 0 radical (unpaired) electrons. The van der Waals surface area contributed by atoms with Crippen molar-refractivity contribution in [2.45, 2.75) is 33.0 Å². The van der Waals surface area contributed by atoms with Gasteiger partial charge in [0.2, 0.25) is 0 Å². The molecule has 34 heavy (non-hydrogen) atoms. The summed E-state index contributed by atoms with van der Waals surface area (Å²) in [4.78, 5) is 37.3. The summed E-state index contributed by atoms with van der Waals surface area (Å²) in [5.41, 5.74) is 11.3. The standard InChI is InChI=1S/C23H26N10O/c1-12(2)33-9-13-5-14(6-27-16(13)10-33)29-23-20(21(24)34)30-19(22(25-3)31-23)15-7-26-8-17-18(15)28-11-32(17)4/h5-8,11-12H,9-10H2,1-4H3,(H2,24,34)(H2,25,29,31). The molecule has 4 aromatic heterocycles. The highest BCUT2D eigenvalue weighted by atomic mass is 16.1. The van der Waals surface area contributed by atoms with E-state index >= 15 is 0 Å². The average Bonchev–Trinajstić information content (AvgIpc) is 3.42. The van der Waals surface area contributed by atoms with Crippen LogP contribution in [0.3, 0.4) is 0 Å². The molecule has 11 nitrogen and oxygen atoms in total. The van der Waals surface area contributed by atoms with Gasteiger partial charge < -0.3 is 20.9 Å². The Labute approximate surface area is 196 Å². The molecular weight excluding hydrogens is 432 g/mol. The molecule has 0 aliphatic carbocycles. The number of amides is 1. The molecule has 0 atom stereocenters. The summed E-state index contributed by atoms with van der Waals surface area (Å²) in [6, 6.07) is 2.46. The second-order valence-electron chi connectivity index (χ2n) is 8.60. The third-order valence-corrected chi connectivity index (χ3v) is 6.04. The number of primary amides is 1. The van der Waals surface area contributed by atoms with Gasteiger partial charge in [-0.25, -0.2) is 15.0 Å². The molecule has 4 aromatic rings. The number of hydrogen-bond donors (Lipinski definition) is 3. The van der Waals surface area contributed by atoms with Gasteiger partial charge in [-0.15, -0.1) is 0 Å². The van der Waals surface area contributed by atoms with Crippen LogP contribution >= 0.6 is 0 Å². The molecule has 0 saturated heterocycles. The largest absolute Gasteiger partial charge is 0.371 e. The first-order valence-corrected chi connectivity index (χ1v) is 11.0. The number of fused-ring (bicyclic) bond motifs is 2. The van der Waals surface area contributed by atoms with E-state index in [0.717, 1.165) is 29.9 Å². The number of nitrogens with two attached hydrogens (primary N) is 1. The Kier molecular flexibility index (Phi) is 5.33. The van der Waals surface area contributed by atoms with Gasteiger partial charge in [0.25, 0.3) is 5.91 Å². The van der Waals surface area contributed by atoms with Crippen LogP contribution in [0.4, 0.5) is 17.3 Å². The molecule has 4 N–H and O–H groups in total. The molecule has 5 heterocycles. The first-order valence-electron chi connectivity index (χ1n) is 11.0. The van der Waals surface area contributed by atoms with Gasteiger partial charge in [0.1, 0.15) is 11.2 Å². The lowest BCUT2D eigenvalue weighted by Gasteiger charge is -2.18. The van der Waals surface area contributed by atoms with Crippen LogP contribution in [-0.4, -0.2) is 53.4 Å². The Morgan fingerprint density at radius 1 is 1.12 bits per heavy atom. The fourth-order valence-electron chi connectivity index (χ4n) is 4.13. The minimum Gasteiger partial charge on any atom is -0.371 e. The molecule has 0 bridgehead atoms. The van der Waals surface area contributed by atoms with Gasteiger partial charge >= 0.3 is 0 Å². The lowest BCUT2D eigenvalue weighted by Crippen LogP contribution is -2.24. The smallest absolute Gasteiger partial charge is 0.271 e. The van der Waals surface area contributed by atoms with E-state index in [-0.39, 0.29) is 11.5 Å². The molecule has 1 amide bonds. The van der Waals surface area contributed by atoms with Gasteiger partial charge in [0.05, 0.1) is 41.2 Å². The number of aryl methyl sites for hydroxylation is 1. The van der Waals surface area contributed by atoms with Gasteiger partial charge in [-0.3, -0.25) is 19.7 Å². The van der Waals surface area contributed by atoms with Crippen LogP contribution in [0.1, 0.15) is 35.6 Å². The van der Waals surface area contributed by atoms with Crippen LogP contribution in [-0.2, 0) is 20.1 Å². The summed E-state index contributed by atoms with van der Waals surface area (Å²) in [6.45, 7) is 5.99. The van der Waals surface area contributed by atoms with E-state index in [1.54, 1.807) is 32.0 Å². The topological polar surface area (TPSA) is 140 Å². The second-order valence-corrected chi connectivity index (χ2v) is 8.60. The van der Waals surface area contributed by atoms with E-state index < -0.39 is 5.91 Å². The summed E-state index contributed by atoms with van der Waals surface area (Å²) in [5, 5.41) is 6.26. The van der Waals surface area contributed by atoms with E-state index in [2.05, 4.69) is 54.3 Å². The van der Waals surface area contributed by atoms with Crippen molar-refractivity contribution in [1.82, 2.24) is 34.4 Å². The highest BCUT2D eigenvalue weighted by Gasteiger charge is 2.24. The maximum Gasteiger partial charge on any atom is 0.271 e. The van der Waals surface area contributed by atoms with Gasteiger partial charge in [-0.1, -0.05) is 0 Å². The van der Waals surface area contributed by atoms with Crippen LogP contribution in [0, 0.1) is 0 Å². The minimum absolute atomic E-state index is 0.0197. The normalized spacial score (nSPS) is 13.4. The van der Waals surface area contributed by atoms with E-state index in [9.17, 15) is 4.79 Å². The summed E-state index contributed by atoms with van der Waals surface area (Å²) < 4.78 is 1.87. The van der Waals surface area contributed by atoms with Crippen molar-refractivity contribution in [3.8, 4) is 11.3 Å². The third kappa shape index (κ3) is 3.69. The Morgan fingerprint density at radius 2 is 1.94 bits per heavy atom. The van der Waals surface area contributed by atoms with Crippen LogP contribution in [0.25, 0.3) is 22.3 Å². The number of carbonyl (C=O) groups is 1. The summed E-state index contributed by atoms with van der Waals surface area (Å²) >= 11 is 0. The number of imidazole rings is 1. The summed E-state index contributed by atoms with van der Waals surface area (Å²) in [7, 11) is 3.63. The predicted octanol–water partition coefficient (Wildman–Crippen LogP) is 2.43. The van der Waals surface area contributed by atoms with Crippen LogP contribution in [0.2, 0.25) is 0 Å². The van der Waals surface area contributed by atoms with E-state index in [0.29, 0.717) is 34.3 Å². The Balaban J connectivity index is 1.56. The molecular formula is C23H26N10O. The highest BCUT2D eigenvalue weighted by Crippen LogP contribution is 2.33. The van der Waals surface area contributed by atoms with Crippen molar-refractivity contribution < 1.29 is 4.79 Å². The lowest BCUT2D eigenvalue weighted by molar-refractivity contribution is 0.0996. The highest BCUT2D eigenvalue weighted by molar-refractivity contribution is 5.99. The molecule has 1 aliphatic rings. The number of hydrogen-bond acceptors (Lipinski definition) is 9. The monoisotopic (exact) mass is 458 g/mol. The maximum atomic E-state index is 12.4. The summed E-state index contributed by atoms with van der Waals surface area (Å²) in [5.74, 6) is 0.0231. The zero-order valence-electron chi connectivity index (χ0n) is 19.5. The number of rotatable bonds is 6. The van der Waals surface area contributed by atoms with Gasteiger partial charge in [-0.2, -0.15) is 0 Å². The molecule has 0 aromatic carbocycles. The van der Waals surface area contributed by atoms with E-state index in [1.807, 2.05) is 17.7 Å². The van der Waals surface area contributed by atoms with Gasteiger partial charge in [-0.05, 0) is 25.5 Å². The average molecular weight is 459 g/mol. The fourth-order valence-corrected chi connectivity index (χ4v) is 4.13. The molecule has 174 valence electrons. The number of carbonyl (C=O) groups excluding carboxylic acids is 1. The molecule has 11 heteroatoms. The van der Waals surface area contributed by atoms with Gasteiger partial charge in [0.15, 0.2) is 17.3 Å². The van der Waals surface area contributed by atoms with Crippen molar-refractivity contribution >= 4 is 34.3 Å². The van der Waals surface area contributed by atoms with Crippen molar-refractivity contribution in [2.75, 3.05) is 17.7 Å². The summed E-state index contributed by atoms with van der Waals surface area (Å²) in [6.07, 6.45) is 6.82. The molecule has 1 aliphatic heterocycles. The number of aromatic nitrogens is 6. The molecule has 0 spiro atoms. The Hall–Kier alpha value is -4.12. The Morgan fingerprint density at radius 3 is 2.68 bits per heavy atom. The zero-order chi connectivity index (χ0) is 24.0. The second kappa shape index (κ2) is 8.34. The number of anilines is 3. The predicted molar refractivity (Wildman–Crippen MR) is 130 cm³/mol. The first-order chi connectivity index (χ1) is 16.4. The number of nitrogens with one attached hydrogen (secondary N) is 2. The van der Waals surface area contributed by atoms with Crippen molar-refractivity contribution in [3.05, 3.63) is 47.9 Å². The SMILES string of the molecule is CNc1nc(Nc2cnc3c(c2)CN(C(C)C)C3)c(C(N)=O)nc1-c1cncc2c1ncn2C. The first kappa shape index (κ1) is 21.7. The van der Waals surface area contributed by atoms with E-state index in [1.165, 1.54) is 0 Å². The Bertz CT molecular complexity index is 1410. The molecule has 0 unspecified atom stereocenters. The molecule has 0 saturated carbocycles. The lowest BCUT2D eigenvalue weighted by atomic mass is 10.1. The quantitative estimate of drug-likeness (QED) is 0.397. The van der Waals surface area contributed by atoms with Crippen molar-refractivity contribution in [1.29, 1.82) is 0 Å². The van der Waals surface area contributed by atoms with Crippen molar-refractivity contribution in [3.63, 3.8) is 0 Å². The zero-order valence-corrected chi connectivity index (χ0v) is 19.5. The van der Waals surface area contributed by atoms with Crippen molar-refractivity contribution in [2.24, 2.45) is 12.8 Å².